The van der Waals surface area contributed by atoms with Gasteiger partial charge < -0.3 is 5.32 Å². The van der Waals surface area contributed by atoms with Gasteiger partial charge in [-0.2, -0.15) is 0 Å². The van der Waals surface area contributed by atoms with Crippen LogP contribution in [0, 0.1) is 11.8 Å². The summed E-state index contributed by atoms with van der Waals surface area (Å²) < 4.78 is 0. The maximum atomic E-state index is 12.5. The monoisotopic (exact) mass is 390 g/mol. The van der Waals surface area contributed by atoms with Crippen molar-refractivity contribution in [2.24, 2.45) is 11.8 Å². The second kappa shape index (κ2) is 8.19. The highest BCUT2D eigenvalue weighted by molar-refractivity contribution is 6.07. The Hall–Kier alpha value is -2.95. The summed E-state index contributed by atoms with van der Waals surface area (Å²) in [7, 11) is 0. The maximum Gasteiger partial charge on any atom is 0.240 e. The normalized spacial score (nSPS) is 22.3. The van der Waals surface area contributed by atoms with Gasteiger partial charge >= 0.3 is 0 Å². The molecule has 2 aromatic rings. The molecule has 1 aliphatic carbocycles. The maximum absolute atomic E-state index is 12.5. The van der Waals surface area contributed by atoms with E-state index in [0.717, 1.165) is 42.4 Å². The van der Waals surface area contributed by atoms with Crippen LogP contribution in [0.2, 0.25) is 0 Å². The number of nitrogens with one attached hydrogen (secondary N) is 1. The molecule has 1 saturated heterocycles. The van der Waals surface area contributed by atoms with Crippen molar-refractivity contribution in [3.05, 3.63) is 60.2 Å². The van der Waals surface area contributed by atoms with E-state index < -0.39 is 0 Å². The van der Waals surface area contributed by atoms with Crippen molar-refractivity contribution in [1.82, 2.24) is 10.2 Å². The number of nitrogens with zero attached hydrogens (tertiary/aromatic N) is 1. The van der Waals surface area contributed by atoms with Crippen LogP contribution in [-0.4, -0.2) is 29.2 Å². The first-order valence-electron chi connectivity index (χ1n) is 10.3. The van der Waals surface area contributed by atoms with Crippen LogP contribution in [0.1, 0.15) is 44.2 Å². The molecule has 0 bridgehead atoms. The number of hydrogen-bond acceptors (Lipinski definition) is 3. The molecule has 0 aromatic heterocycles. The fourth-order valence-corrected chi connectivity index (χ4v) is 4.50. The topological polar surface area (TPSA) is 66.5 Å². The molecule has 1 heterocycles. The van der Waals surface area contributed by atoms with Crippen LogP contribution in [0.3, 0.4) is 0 Å². The SMILES string of the molecule is C[C@H](NC(=O)CN1C(=O)[C@@H]2CCCC[C@H]2C1=O)c1ccc(-c2ccccc2)cc1. The van der Waals surface area contributed by atoms with E-state index in [0.29, 0.717) is 0 Å². The van der Waals surface area contributed by atoms with Crippen LogP contribution in [0.5, 0.6) is 0 Å². The molecule has 0 unspecified atom stereocenters. The van der Waals surface area contributed by atoms with Crippen molar-refractivity contribution >= 4 is 17.7 Å². The first-order valence-corrected chi connectivity index (χ1v) is 10.3. The molecule has 2 aliphatic rings. The van der Waals surface area contributed by atoms with E-state index in [9.17, 15) is 14.4 Å². The van der Waals surface area contributed by atoms with E-state index >= 15 is 0 Å². The van der Waals surface area contributed by atoms with Crippen LogP contribution < -0.4 is 5.32 Å². The summed E-state index contributed by atoms with van der Waals surface area (Å²) in [6.45, 7) is 1.72. The molecule has 1 N–H and O–H groups in total. The van der Waals surface area contributed by atoms with E-state index in [-0.39, 0.29) is 42.1 Å². The number of benzene rings is 2. The standard InChI is InChI=1S/C24H26N2O3/c1-16(17-11-13-19(14-12-17)18-7-3-2-4-8-18)25-22(27)15-26-23(28)20-9-5-6-10-21(20)24(26)29/h2-4,7-8,11-14,16,20-21H,5-6,9-10,15H2,1H3,(H,25,27)/t16-,20+,21+/m0/s1. The third-order valence-electron chi connectivity index (χ3n) is 6.13. The molecule has 2 aromatic carbocycles. The first-order chi connectivity index (χ1) is 14.0. The molecule has 29 heavy (non-hydrogen) atoms. The van der Waals surface area contributed by atoms with Crippen molar-refractivity contribution in [2.75, 3.05) is 6.54 Å². The van der Waals surface area contributed by atoms with Crippen LogP contribution in [0.15, 0.2) is 54.6 Å². The lowest BCUT2D eigenvalue weighted by Gasteiger charge is -2.19. The lowest BCUT2D eigenvalue weighted by Crippen LogP contribution is -2.41. The van der Waals surface area contributed by atoms with E-state index in [4.69, 9.17) is 0 Å². The number of likely N-dealkylation sites (tertiary alicyclic amines) is 1. The molecule has 4 rings (SSSR count). The van der Waals surface area contributed by atoms with Crippen LogP contribution in [-0.2, 0) is 14.4 Å². The molecule has 1 saturated carbocycles. The van der Waals surface area contributed by atoms with Gasteiger partial charge in [-0.3, -0.25) is 19.3 Å². The summed E-state index contributed by atoms with van der Waals surface area (Å²) in [5.74, 6) is -1.08. The zero-order valence-corrected chi connectivity index (χ0v) is 16.6. The minimum Gasteiger partial charge on any atom is -0.348 e. The Morgan fingerprint density at radius 3 is 2.07 bits per heavy atom. The lowest BCUT2D eigenvalue weighted by atomic mass is 9.81. The molecular weight excluding hydrogens is 364 g/mol. The van der Waals surface area contributed by atoms with Gasteiger partial charge in [-0.25, -0.2) is 0 Å². The predicted molar refractivity (Wildman–Crippen MR) is 111 cm³/mol. The lowest BCUT2D eigenvalue weighted by molar-refractivity contribution is -0.143. The summed E-state index contributed by atoms with van der Waals surface area (Å²) in [5.41, 5.74) is 3.23. The quantitative estimate of drug-likeness (QED) is 0.792. The number of carbonyl (C=O) groups excluding carboxylic acids is 3. The molecule has 2 fully saturated rings. The Bertz CT molecular complexity index is 883. The summed E-state index contributed by atoms with van der Waals surface area (Å²) in [6.07, 6.45) is 3.49. The molecule has 1 aliphatic heterocycles. The number of hydrogen-bond donors (Lipinski definition) is 1. The highest BCUT2D eigenvalue weighted by atomic mass is 16.2. The van der Waals surface area contributed by atoms with Crippen molar-refractivity contribution < 1.29 is 14.4 Å². The van der Waals surface area contributed by atoms with Gasteiger partial charge in [0.25, 0.3) is 0 Å². The molecule has 0 radical (unpaired) electrons. The second-order valence-electron chi connectivity index (χ2n) is 8.04. The van der Waals surface area contributed by atoms with Crippen LogP contribution in [0.25, 0.3) is 11.1 Å². The predicted octanol–water partition coefficient (Wildman–Crippen LogP) is 3.71. The molecule has 150 valence electrons. The number of fused-ring (bicyclic) bond motifs is 1. The summed E-state index contributed by atoms with van der Waals surface area (Å²) in [4.78, 5) is 38.8. The Labute approximate surface area is 171 Å². The average molecular weight is 390 g/mol. The van der Waals surface area contributed by atoms with Crippen molar-refractivity contribution in [2.45, 2.75) is 38.6 Å². The van der Waals surface area contributed by atoms with Gasteiger partial charge in [0.2, 0.25) is 17.7 Å². The van der Waals surface area contributed by atoms with Gasteiger partial charge in [0.05, 0.1) is 17.9 Å². The average Bonchev–Trinajstić information content (AvgIpc) is 2.99. The van der Waals surface area contributed by atoms with Crippen molar-refractivity contribution in [3.63, 3.8) is 0 Å². The van der Waals surface area contributed by atoms with Crippen molar-refractivity contribution in [1.29, 1.82) is 0 Å². The molecule has 3 amide bonds. The van der Waals surface area contributed by atoms with Gasteiger partial charge in [0.15, 0.2) is 0 Å². The third-order valence-corrected chi connectivity index (χ3v) is 6.13. The summed E-state index contributed by atoms with van der Waals surface area (Å²) in [6, 6.07) is 18.0. The van der Waals surface area contributed by atoms with E-state index in [1.165, 1.54) is 4.90 Å². The number of imide groups is 1. The number of amides is 3. The largest absolute Gasteiger partial charge is 0.348 e. The highest BCUT2D eigenvalue weighted by Crippen LogP contribution is 2.37. The Kier molecular flexibility index (Phi) is 5.47. The molecule has 5 heteroatoms. The minimum atomic E-state index is -0.301. The highest BCUT2D eigenvalue weighted by Gasteiger charge is 2.48. The van der Waals surface area contributed by atoms with E-state index in [1.54, 1.807) is 0 Å². The molecule has 0 spiro atoms. The number of rotatable bonds is 5. The van der Waals surface area contributed by atoms with Crippen LogP contribution in [0.4, 0.5) is 0 Å². The Balaban J connectivity index is 1.37. The van der Waals surface area contributed by atoms with Crippen LogP contribution >= 0.6 is 0 Å². The zero-order valence-electron chi connectivity index (χ0n) is 16.6. The van der Waals surface area contributed by atoms with Gasteiger partial charge in [0.1, 0.15) is 6.54 Å². The Morgan fingerprint density at radius 1 is 0.931 bits per heavy atom. The summed E-state index contributed by atoms with van der Waals surface area (Å²) >= 11 is 0. The van der Waals surface area contributed by atoms with Crippen molar-refractivity contribution in [3.8, 4) is 11.1 Å². The number of carbonyl (C=O) groups is 3. The van der Waals surface area contributed by atoms with Gasteiger partial charge in [-0.05, 0) is 36.5 Å². The Morgan fingerprint density at radius 2 is 1.48 bits per heavy atom. The van der Waals surface area contributed by atoms with Gasteiger partial charge in [-0.1, -0.05) is 67.4 Å². The molecule has 5 nitrogen and oxygen atoms in total. The molecular formula is C24H26N2O3. The third kappa shape index (κ3) is 3.95. The zero-order chi connectivity index (χ0) is 20.4. The summed E-state index contributed by atoms with van der Waals surface area (Å²) in [5, 5.41) is 2.92. The van der Waals surface area contributed by atoms with Gasteiger partial charge in [0, 0.05) is 0 Å². The van der Waals surface area contributed by atoms with E-state index in [2.05, 4.69) is 17.4 Å². The fourth-order valence-electron chi connectivity index (χ4n) is 4.50. The second-order valence-corrected chi connectivity index (χ2v) is 8.04. The molecule has 3 atom stereocenters. The first kappa shape index (κ1) is 19.4. The van der Waals surface area contributed by atoms with E-state index in [1.807, 2.05) is 49.4 Å². The smallest absolute Gasteiger partial charge is 0.240 e. The van der Waals surface area contributed by atoms with Gasteiger partial charge in [-0.15, -0.1) is 0 Å². The minimum absolute atomic E-state index is 0.172. The fraction of sp³-hybridized carbons (Fsp3) is 0.375.